The minimum atomic E-state index is 0.252. The number of rotatable bonds is 6. The molecule has 0 atom stereocenters. The summed E-state index contributed by atoms with van der Waals surface area (Å²) in [5, 5.41) is 13.1. The van der Waals surface area contributed by atoms with Crippen molar-refractivity contribution in [3.63, 3.8) is 0 Å². The molecular formula is C13H16N2O3. The molecule has 0 aliphatic carbocycles. The first-order valence-corrected chi connectivity index (χ1v) is 5.95. The summed E-state index contributed by atoms with van der Waals surface area (Å²) in [7, 11) is 0. The summed E-state index contributed by atoms with van der Waals surface area (Å²) in [4.78, 5) is 4.28. The van der Waals surface area contributed by atoms with Gasteiger partial charge in [0.2, 0.25) is 5.89 Å². The molecule has 18 heavy (non-hydrogen) atoms. The van der Waals surface area contributed by atoms with Crippen molar-refractivity contribution in [2.24, 2.45) is 0 Å². The molecule has 0 unspecified atom stereocenters. The summed E-state index contributed by atoms with van der Waals surface area (Å²) in [6.07, 6.45) is 1.23. The van der Waals surface area contributed by atoms with Crippen LogP contribution in [0.1, 0.15) is 24.2 Å². The molecule has 0 aliphatic rings. The highest BCUT2D eigenvalue weighted by molar-refractivity contribution is 5.27. The van der Waals surface area contributed by atoms with Gasteiger partial charge in [0.1, 0.15) is 5.75 Å². The molecule has 1 aromatic carbocycles. The average Bonchev–Trinajstić information content (AvgIpc) is 2.80. The molecule has 0 spiro atoms. The molecule has 0 fully saturated rings. The standard InChI is InChI=1S/C13H16N2O3/c1-2-17-8-7-12-14-13(18-15-12)9-10-3-5-11(16)6-4-10/h3-6,16H,2,7-9H2,1H3. The zero-order valence-electron chi connectivity index (χ0n) is 10.3. The molecule has 5 nitrogen and oxygen atoms in total. The Hall–Kier alpha value is -1.88. The monoisotopic (exact) mass is 248 g/mol. The minimum absolute atomic E-state index is 0.252. The molecule has 96 valence electrons. The van der Waals surface area contributed by atoms with Gasteiger partial charge in [-0.05, 0) is 24.6 Å². The highest BCUT2D eigenvalue weighted by atomic mass is 16.5. The minimum Gasteiger partial charge on any atom is -0.508 e. The van der Waals surface area contributed by atoms with Crippen molar-refractivity contribution in [1.82, 2.24) is 10.1 Å². The SMILES string of the molecule is CCOCCc1noc(Cc2ccc(O)cc2)n1. The van der Waals surface area contributed by atoms with E-state index in [-0.39, 0.29) is 5.75 Å². The number of phenols is 1. The van der Waals surface area contributed by atoms with E-state index in [0.29, 0.717) is 37.8 Å². The fraction of sp³-hybridized carbons (Fsp3) is 0.385. The molecule has 2 rings (SSSR count). The van der Waals surface area contributed by atoms with Gasteiger partial charge < -0.3 is 14.4 Å². The molecular weight excluding hydrogens is 232 g/mol. The fourth-order valence-corrected chi connectivity index (χ4v) is 1.56. The third kappa shape index (κ3) is 3.56. The van der Waals surface area contributed by atoms with Crippen molar-refractivity contribution in [2.45, 2.75) is 19.8 Å². The van der Waals surface area contributed by atoms with E-state index in [1.807, 2.05) is 19.1 Å². The summed E-state index contributed by atoms with van der Waals surface area (Å²) in [5.41, 5.74) is 1.02. The number of benzene rings is 1. The van der Waals surface area contributed by atoms with E-state index >= 15 is 0 Å². The average molecular weight is 248 g/mol. The van der Waals surface area contributed by atoms with E-state index < -0.39 is 0 Å². The second-order valence-electron chi connectivity index (χ2n) is 3.89. The second-order valence-corrected chi connectivity index (χ2v) is 3.89. The molecule has 1 N–H and O–H groups in total. The lowest BCUT2D eigenvalue weighted by Crippen LogP contribution is -1.99. The molecule has 0 aliphatic heterocycles. The maximum Gasteiger partial charge on any atom is 0.231 e. The fourth-order valence-electron chi connectivity index (χ4n) is 1.56. The Morgan fingerprint density at radius 2 is 2.06 bits per heavy atom. The van der Waals surface area contributed by atoms with Crippen LogP contribution >= 0.6 is 0 Å². The first-order chi connectivity index (χ1) is 8.78. The first kappa shape index (κ1) is 12.6. The van der Waals surface area contributed by atoms with Crippen molar-refractivity contribution in [3.8, 4) is 5.75 Å². The molecule has 2 aromatic rings. The van der Waals surface area contributed by atoms with Crippen molar-refractivity contribution in [2.75, 3.05) is 13.2 Å². The summed E-state index contributed by atoms with van der Waals surface area (Å²) >= 11 is 0. The van der Waals surface area contributed by atoms with E-state index in [4.69, 9.17) is 9.26 Å². The van der Waals surface area contributed by atoms with Gasteiger partial charge in [0.05, 0.1) is 13.0 Å². The van der Waals surface area contributed by atoms with Crippen LogP contribution in [-0.2, 0) is 17.6 Å². The third-order valence-electron chi connectivity index (χ3n) is 2.48. The quantitative estimate of drug-likeness (QED) is 0.791. The van der Waals surface area contributed by atoms with Crippen LogP contribution in [0.5, 0.6) is 5.75 Å². The number of hydrogen-bond acceptors (Lipinski definition) is 5. The van der Waals surface area contributed by atoms with Gasteiger partial charge in [-0.1, -0.05) is 17.3 Å². The van der Waals surface area contributed by atoms with Crippen LogP contribution < -0.4 is 0 Å². The van der Waals surface area contributed by atoms with Crippen LogP contribution in [0, 0.1) is 0 Å². The highest BCUT2D eigenvalue weighted by Gasteiger charge is 2.07. The lowest BCUT2D eigenvalue weighted by atomic mass is 10.1. The number of ether oxygens (including phenoxy) is 1. The van der Waals surface area contributed by atoms with Crippen LogP contribution in [0.4, 0.5) is 0 Å². The lowest BCUT2D eigenvalue weighted by Gasteiger charge is -1.96. The second kappa shape index (κ2) is 6.16. The van der Waals surface area contributed by atoms with Crippen molar-refractivity contribution < 1.29 is 14.4 Å². The van der Waals surface area contributed by atoms with Crippen LogP contribution in [0.2, 0.25) is 0 Å². The van der Waals surface area contributed by atoms with Gasteiger partial charge in [-0.25, -0.2) is 0 Å². The summed E-state index contributed by atoms with van der Waals surface area (Å²) < 4.78 is 10.4. The molecule has 5 heteroatoms. The highest BCUT2D eigenvalue weighted by Crippen LogP contribution is 2.13. The largest absolute Gasteiger partial charge is 0.508 e. The Kier molecular flexibility index (Phi) is 4.30. The molecule has 0 radical (unpaired) electrons. The van der Waals surface area contributed by atoms with Gasteiger partial charge in [-0.15, -0.1) is 0 Å². The number of aromatic nitrogens is 2. The number of aromatic hydroxyl groups is 1. The molecule has 1 heterocycles. The Morgan fingerprint density at radius 3 is 2.78 bits per heavy atom. The number of nitrogens with zero attached hydrogens (tertiary/aromatic N) is 2. The van der Waals surface area contributed by atoms with Gasteiger partial charge in [-0.3, -0.25) is 0 Å². The maximum atomic E-state index is 9.18. The summed E-state index contributed by atoms with van der Waals surface area (Å²) in [5.74, 6) is 1.49. The Bertz CT molecular complexity index is 479. The molecule has 0 saturated carbocycles. The Morgan fingerprint density at radius 1 is 1.28 bits per heavy atom. The summed E-state index contributed by atoms with van der Waals surface area (Å²) in [6.45, 7) is 3.25. The van der Waals surface area contributed by atoms with Crippen LogP contribution in [0.15, 0.2) is 28.8 Å². The smallest absolute Gasteiger partial charge is 0.231 e. The van der Waals surface area contributed by atoms with Gasteiger partial charge in [-0.2, -0.15) is 4.98 Å². The van der Waals surface area contributed by atoms with Crippen LogP contribution in [0.25, 0.3) is 0 Å². The van der Waals surface area contributed by atoms with E-state index in [9.17, 15) is 5.11 Å². The van der Waals surface area contributed by atoms with E-state index in [2.05, 4.69) is 10.1 Å². The van der Waals surface area contributed by atoms with Gasteiger partial charge in [0.25, 0.3) is 0 Å². The van der Waals surface area contributed by atoms with Gasteiger partial charge >= 0.3 is 0 Å². The molecule has 1 aromatic heterocycles. The first-order valence-electron chi connectivity index (χ1n) is 5.95. The lowest BCUT2D eigenvalue weighted by molar-refractivity contribution is 0.149. The topological polar surface area (TPSA) is 68.4 Å². The van der Waals surface area contributed by atoms with Gasteiger partial charge in [0.15, 0.2) is 5.82 Å². The van der Waals surface area contributed by atoms with Crippen LogP contribution in [-0.4, -0.2) is 28.5 Å². The van der Waals surface area contributed by atoms with Crippen molar-refractivity contribution >= 4 is 0 Å². The van der Waals surface area contributed by atoms with E-state index in [1.54, 1.807) is 12.1 Å². The molecule has 0 amide bonds. The zero-order valence-corrected chi connectivity index (χ0v) is 10.3. The van der Waals surface area contributed by atoms with Crippen molar-refractivity contribution in [3.05, 3.63) is 41.5 Å². The van der Waals surface area contributed by atoms with E-state index in [1.165, 1.54) is 0 Å². The number of hydrogen-bond donors (Lipinski definition) is 1. The van der Waals surface area contributed by atoms with Gasteiger partial charge in [0, 0.05) is 13.0 Å². The Labute approximate surface area is 105 Å². The molecule has 0 bridgehead atoms. The van der Waals surface area contributed by atoms with E-state index in [0.717, 1.165) is 5.56 Å². The maximum absolute atomic E-state index is 9.18. The molecule has 0 saturated heterocycles. The third-order valence-corrected chi connectivity index (χ3v) is 2.48. The predicted molar refractivity (Wildman–Crippen MR) is 65.4 cm³/mol. The normalized spacial score (nSPS) is 10.7. The Balaban J connectivity index is 1.91. The predicted octanol–water partition coefficient (Wildman–Crippen LogP) is 1.95. The number of phenolic OH excluding ortho intramolecular Hbond substituents is 1. The summed E-state index contributed by atoms with van der Waals surface area (Å²) in [6, 6.07) is 6.95. The van der Waals surface area contributed by atoms with Crippen LogP contribution in [0.3, 0.4) is 0 Å². The zero-order chi connectivity index (χ0) is 12.8. The van der Waals surface area contributed by atoms with Crippen molar-refractivity contribution in [1.29, 1.82) is 0 Å².